The van der Waals surface area contributed by atoms with E-state index in [-0.39, 0.29) is 17.9 Å². The zero-order valence-electron chi connectivity index (χ0n) is 14.9. The average Bonchev–Trinajstić information content (AvgIpc) is 3.35. The van der Waals surface area contributed by atoms with Crippen LogP contribution in [0.5, 0.6) is 0 Å². The lowest BCUT2D eigenvalue weighted by molar-refractivity contribution is -0.123. The van der Waals surface area contributed by atoms with Crippen LogP contribution < -0.4 is 10.6 Å². The van der Waals surface area contributed by atoms with Crippen molar-refractivity contribution in [2.24, 2.45) is 5.92 Å². The van der Waals surface area contributed by atoms with Crippen LogP contribution in [0.3, 0.4) is 0 Å². The van der Waals surface area contributed by atoms with Crippen molar-refractivity contribution in [1.82, 2.24) is 24.9 Å². The molecule has 2 atom stereocenters. The Kier molecular flexibility index (Phi) is 4.88. The molecule has 0 aliphatic carbocycles. The van der Waals surface area contributed by atoms with E-state index in [9.17, 15) is 9.59 Å². The molecule has 26 heavy (non-hydrogen) atoms. The van der Waals surface area contributed by atoms with Crippen molar-refractivity contribution in [1.29, 1.82) is 0 Å². The quantitative estimate of drug-likeness (QED) is 0.859. The molecule has 2 unspecified atom stereocenters. The van der Waals surface area contributed by atoms with E-state index < -0.39 is 0 Å². The van der Waals surface area contributed by atoms with E-state index in [1.807, 2.05) is 33.7 Å². The van der Waals surface area contributed by atoms with Gasteiger partial charge in [0.05, 0.1) is 6.04 Å². The van der Waals surface area contributed by atoms with Crippen molar-refractivity contribution in [3.63, 3.8) is 0 Å². The second-order valence-electron chi connectivity index (χ2n) is 7.25. The Morgan fingerprint density at radius 3 is 3.00 bits per heavy atom. The molecule has 7 nitrogen and oxygen atoms in total. The molecule has 0 radical (unpaired) electrons. The van der Waals surface area contributed by atoms with Gasteiger partial charge in [-0.2, -0.15) is 0 Å². The molecule has 2 aromatic heterocycles. The first-order valence-electron chi connectivity index (χ1n) is 9.45. The van der Waals surface area contributed by atoms with Gasteiger partial charge in [-0.25, -0.2) is 4.98 Å². The molecule has 2 amide bonds. The Bertz CT molecular complexity index is 763. The highest BCUT2D eigenvalue weighted by Crippen LogP contribution is 2.18. The maximum atomic E-state index is 12.8. The number of hydrogen-bond donors (Lipinski definition) is 2. The van der Waals surface area contributed by atoms with Gasteiger partial charge in [-0.1, -0.05) is 6.07 Å². The molecular weight excluding hydrogens is 330 g/mol. The van der Waals surface area contributed by atoms with Crippen LogP contribution in [0.2, 0.25) is 0 Å². The summed E-state index contributed by atoms with van der Waals surface area (Å²) in [4.78, 5) is 31.3. The summed E-state index contributed by atoms with van der Waals surface area (Å²) < 4.78 is 1.86. The molecule has 2 aliphatic heterocycles. The molecule has 0 bridgehead atoms. The van der Waals surface area contributed by atoms with Gasteiger partial charge in [0.15, 0.2) is 0 Å². The van der Waals surface area contributed by atoms with E-state index in [0.29, 0.717) is 24.7 Å². The second kappa shape index (κ2) is 7.45. The van der Waals surface area contributed by atoms with Crippen LogP contribution >= 0.6 is 0 Å². The fourth-order valence-corrected chi connectivity index (χ4v) is 3.89. The predicted octanol–water partition coefficient (Wildman–Crippen LogP) is 1.05. The first-order valence-corrected chi connectivity index (χ1v) is 9.45. The summed E-state index contributed by atoms with van der Waals surface area (Å²) in [5, 5.41) is 6.27. The molecule has 0 saturated carbocycles. The first kappa shape index (κ1) is 17.0. The number of likely N-dealkylation sites (tertiary alicyclic amines) is 1. The van der Waals surface area contributed by atoms with Crippen molar-refractivity contribution in [3.8, 4) is 0 Å². The number of amides is 2. The molecule has 2 fully saturated rings. The lowest BCUT2D eigenvalue weighted by Crippen LogP contribution is -2.46. The number of aromatic nitrogens is 2. The molecule has 4 heterocycles. The third kappa shape index (κ3) is 3.58. The lowest BCUT2D eigenvalue weighted by atomic mass is 9.97. The first-order chi connectivity index (χ1) is 12.7. The van der Waals surface area contributed by atoms with Crippen molar-refractivity contribution >= 4 is 17.5 Å². The van der Waals surface area contributed by atoms with Gasteiger partial charge in [0.25, 0.3) is 5.91 Å². The summed E-state index contributed by atoms with van der Waals surface area (Å²) in [6.45, 7) is 2.97. The number of fused-ring (bicyclic) bond motifs is 1. The Hall–Kier alpha value is -2.41. The number of carbonyl (C=O) groups excluding carboxylic acids is 2. The molecule has 138 valence electrons. The highest BCUT2D eigenvalue weighted by atomic mass is 16.2. The zero-order valence-corrected chi connectivity index (χ0v) is 14.9. The maximum absolute atomic E-state index is 12.8. The second-order valence-corrected chi connectivity index (χ2v) is 7.25. The minimum absolute atomic E-state index is 0.0258. The normalized spacial score (nSPS) is 23.3. The summed E-state index contributed by atoms with van der Waals surface area (Å²) in [5.41, 5.74) is 1.26. The van der Waals surface area contributed by atoms with Gasteiger partial charge in [0.2, 0.25) is 5.91 Å². The molecular formula is C19H25N5O2. The number of pyridine rings is 1. The summed E-state index contributed by atoms with van der Waals surface area (Å²) in [6, 6.07) is 5.67. The van der Waals surface area contributed by atoms with Crippen molar-refractivity contribution in [2.75, 3.05) is 26.2 Å². The van der Waals surface area contributed by atoms with Crippen LogP contribution in [0.1, 0.15) is 36.2 Å². The molecule has 2 aromatic rings. The highest BCUT2D eigenvalue weighted by molar-refractivity contribution is 5.93. The Morgan fingerprint density at radius 2 is 2.19 bits per heavy atom. The minimum Gasteiger partial charge on any atom is -0.354 e. The number of nitrogens with one attached hydrogen (secondary N) is 2. The monoisotopic (exact) mass is 355 g/mol. The largest absolute Gasteiger partial charge is 0.354 e. The Morgan fingerprint density at radius 1 is 1.27 bits per heavy atom. The third-order valence-electron chi connectivity index (χ3n) is 5.33. The Labute approximate surface area is 152 Å². The van der Waals surface area contributed by atoms with Crippen LogP contribution in [0.25, 0.3) is 5.65 Å². The van der Waals surface area contributed by atoms with Gasteiger partial charge in [-0.15, -0.1) is 0 Å². The molecule has 2 saturated heterocycles. The van der Waals surface area contributed by atoms with Crippen LogP contribution in [0, 0.1) is 5.92 Å². The van der Waals surface area contributed by atoms with E-state index in [4.69, 9.17) is 0 Å². The van der Waals surface area contributed by atoms with Crippen LogP contribution in [-0.4, -0.2) is 58.3 Å². The number of hydrogen-bond acceptors (Lipinski definition) is 4. The number of carbonyl (C=O) groups is 2. The molecule has 0 spiro atoms. The maximum Gasteiger partial charge on any atom is 0.274 e. The van der Waals surface area contributed by atoms with Crippen molar-refractivity contribution in [2.45, 2.75) is 31.7 Å². The Balaban J connectivity index is 1.35. The standard InChI is InChI=1S/C19H25N5O2/c25-18(15-6-3-8-20-15)21-11-14-5-4-10-24(12-14)19(26)16-13-23-9-2-1-7-17(23)22-16/h1-2,7,9,13-15,20H,3-6,8,10-12H2,(H,21,25). The molecule has 0 aromatic carbocycles. The SMILES string of the molecule is O=C(NCC1CCCN(C(=O)c2cn3ccccc3n2)C1)C1CCCN1. The van der Waals surface area contributed by atoms with Crippen LogP contribution in [-0.2, 0) is 4.79 Å². The number of rotatable bonds is 4. The summed E-state index contributed by atoms with van der Waals surface area (Å²) in [5.74, 6) is 0.364. The van der Waals surface area contributed by atoms with E-state index in [2.05, 4.69) is 15.6 Å². The van der Waals surface area contributed by atoms with Gasteiger partial charge in [0.1, 0.15) is 11.3 Å². The van der Waals surface area contributed by atoms with Gasteiger partial charge in [-0.3, -0.25) is 9.59 Å². The van der Waals surface area contributed by atoms with Crippen LogP contribution in [0.15, 0.2) is 30.6 Å². The van der Waals surface area contributed by atoms with Gasteiger partial charge in [-0.05, 0) is 50.3 Å². The summed E-state index contributed by atoms with van der Waals surface area (Å²) in [6.07, 6.45) is 7.64. The zero-order chi connectivity index (χ0) is 17.9. The number of nitrogens with zero attached hydrogens (tertiary/aromatic N) is 3. The average molecular weight is 355 g/mol. The topological polar surface area (TPSA) is 78.7 Å². The van der Waals surface area contributed by atoms with Gasteiger partial charge < -0.3 is 19.9 Å². The fraction of sp³-hybridized carbons (Fsp3) is 0.526. The fourth-order valence-electron chi connectivity index (χ4n) is 3.89. The molecule has 2 aliphatic rings. The molecule has 2 N–H and O–H groups in total. The summed E-state index contributed by atoms with van der Waals surface area (Å²) in [7, 11) is 0. The van der Waals surface area contributed by atoms with E-state index in [1.165, 1.54) is 0 Å². The molecule has 7 heteroatoms. The van der Waals surface area contributed by atoms with E-state index in [1.54, 1.807) is 6.20 Å². The minimum atomic E-state index is -0.0469. The number of piperidine rings is 1. The van der Waals surface area contributed by atoms with E-state index in [0.717, 1.165) is 44.4 Å². The van der Waals surface area contributed by atoms with Crippen LogP contribution in [0.4, 0.5) is 0 Å². The summed E-state index contributed by atoms with van der Waals surface area (Å²) >= 11 is 0. The smallest absolute Gasteiger partial charge is 0.274 e. The molecule has 4 rings (SSSR count). The van der Waals surface area contributed by atoms with Crippen molar-refractivity contribution in [3.05, 3.63) is 36.3 Å². The number of imidazole rings is 1. The highest BCUT2D eigenvalue weighted by Gasteiger charge is 2.27. The third-order valence-corrected chi connectivity index (χ3v) is 5.33. The van der Waals surface area contributed by atoms with E-state index >= 15 is 0 Å². The van der Waals surface area contributed by atoms with Gasteiger partial charge >= 0.3 is 0 Å². The predicted molar refractivity (Wildman–Crippen MR) is 97.9 cm³/mol. The lowest BCUT2D eigenvalue weighted by Gasteiger charge is -2.32. The van der Waals surface area contributed by atoms with Crippen molar-refractivity contribution < 1.29 is 9.59 Å². The van der Waals surface area contributed by atoms with Gasteiger partial charge in [0, 0.05) is 32.0 Å².